The number of rotatable bonds is 5. The predicted octanol–water partition coefficient (Wildman–Crippen LogP) is 4.11. The highest BCUT2D eigenvalue weighted by molar-refractivity contribution is 6.06. The molecular formula is C26H22N4O3. The van der Waals surface area contributed by atoms with E-state index in [1.54, 1.807) is 31.5 Å². The molecule has 164 valence electrons. The summed E-state index contributed by atoms with van der Waals surface area (Å²) in [6.45, 7) is 2.39. The van der Waals surface area contributed by atoms with Gasteiger partial charge in [0.2, 0.25) is 0 Å². The van der Waals surface area contributed by atoms with Crippen molar-refractivity contribution in [3.05, 3.63) is 100.0 Å². The molecule has 2 aromatic heterocycles. The Morgan fingerprint density at radius 3 is 2.52 bits per heavy atom. The number of aryl methyl sites for hydroxylation is 1. The zero-order valence-electron chi connectivity index (χ0n) is 18.3. The van der Waals surface area contributed by atoms with E-state index in [0.29, 0.717) is 33.9 Å². The lowest BCUT2D eigenvalue weighted by Gasteiger charge is -2.07. The van der Waals surface area contributed by atoms with Gasteiger partial charge in [0.25, 0.3) is 11.5 Å². The Labute approximate surface area is 189 Å². The molecule has 0 unspecified atom stereocenters. The summed E-state index contributed by atoms with van der Waals surface area (Å²) in [6.07, 6.45) is 1.57. The van der Waals surface area contributed by atoms with Crippen molar-refractivity contribution in [2.24, 2.45) is 0 Å². The zero-order valence-corrected chi connectivity index (χ0v) is 18.3. The molecule has 0 saturated heterocycles. The minimum Gasteiger partial charge on any atom is -0.497 e. The van der Waals surface area contributed by atoms with E-state index in [1.165, 1.54) is 4.68 Å². The lowest BCUT2D eigenvalue weighted by Crippen LogP contribution is -2.22. The van der Waals surface area contributed by atoms with Crippen molar-refractivity contribution in [3.8, 4) is 11.4 Å². The molecule has 0 aliphatic heterocycles. The van der Waals surface area contributed by atoms with Crippen LogP contribution in [0.1, 0.15) is 21.5 Å². The van der Waals surface area contributed by atoms with E-state index in [4.69, 9.17) is 4.74 Å². The van der Waals surface area contributed by atoms with E-state index < -0.39 is 0 Å². The molecule has 0 radical (unpaired) electrons. The van der Waals surface area contributed by atoms with Gasteiger partial charge in [0.05, 0.1) is 29.2 Å². The number of amides is 1. The number of fused-ring (bicyclic) bond motifs is 3. The first-order chi connectivity index (χ1) is 16.0. The molecule has 2 N–H and O–H groups in total. The molecule has 0 spiro atoms. The maximum Gasteiger partial charge on any atom is 0.280 e. The largest absolute Gasteiger partial charge is 0.497 e. The molecule has 0 aliphatic rings. The molecule has 0 aliphatic carbocycles. The second kappa shape index (κ2) is 8.27. The van der Waals surface area contributed by atoms with E-state index >= 15 is 0 Å². The number of hydrogen-bond acceptors (Lipinski definition) is 4. The van der Waals surface area contributed by atoms with Gasteiger partial charge in [-0.3, -0.25) is 19.7 Å². The summed E-state index contributed by atoms with van der Waals surface area (Å²) in [6, 6.07) is 20.5. The Morgan fingerprint density at radius 2 is 1.79 bits per heavy atom. The molecule has 0 bridgehead atoms. The Bertz CT molecular complexity index is 1530. The van der Waals surface area contributed by atoms with Crippen molar-refractivity contribution in [1.82, 2.24) is 20.1 Å². The molecule has 5 aromatic rings. The van der Waals surface area contributed by atoms with Crippen molar-refractivity contribution in [1.29, 1.82) is 0 Å². The number of ether oxygens (including phenoxy) is 1. The van der Waals surface area contributed by atoms with Crippen LogP contribution in [0.25, 0.3) is 27.5 Å². The molecule has 1 amide bonds. The average molecular weight is 438 g/mol. The number of carbonyl (C=O) groups excluding carboxylic acids is 1. The van der Waals surface area contributed by atoms with Crippen LogP contribution in [0, 0.1) is 6.92 Å². The van der Waals surface area contributed by atoms with Gasteiger partial charge in [-0.25, -0.2) is 4.68 Å². The second-order valence-electron chi connectivity index (χ2n) is 7.90. The maximum absolute atomic E-state index is 13.0. The van der Waals surface area contributed by atoms with Crippen molar-refractivity contribution < 1.29 is 9.53 Å². The molecule has 7 heteroatoms. The van der Waals surface area contributed by atoms with E-state index in [-0.39, 0.29) is 11.5 Å². The molecule has 7 nitrogen and oxygen atoms in total. The summed E-state index contributed by atoms with van der Waals surface area (Å²) in [7, 11) is 1.62. The summed E-state index contributed by atoms with van der Waals surface area (Å²) >= 11 is 0. The maximum atomic E-state index is 13.0. The minimum absolute atomic E-state index is 0.183. The number of pyridine rings is 1. The van der Waals surface area contributed by atoms with Gasteiger partial charge in [0.1, 0.15) is 5.75 Å². The molecule has 3 aromatic carbocycles. The van der Waals surface area contributed by atoms with Crippen molar-refractivity contribution in [2.45, 2.75) is 13.5 Å². The number of H-pyrrole nitrogens is 1. The van der Waals surface area contributed by atoms with Crippen LogP contribution in [0.4, 0.5) is 0 Å². The van der Waals surface area contributed by atoms with Gasteiger partial charge in [-0.05, 0) is 55.0 Å². The van der Waals surface area contributed by atoms with Crippen LogP contribution in [0.3, 0.4) is 0 Å². The Kier molecular flexibility index (Phi) is 5.14. The number of carbonyl (C=O) groups is 1. The van der Waals surface area contributed by atoms with Gasteiger partial charge in [-0.2, -0.15) is 0 Å². The van der Waals surface area contributed by atoms with Gasteiger partial charge in [-0.15, -0.1) is 0 Å². The standard InChI is InChI=1S/C26H22N4O3/c1-16-3-8-19(9-4-16)30-26(32)22-15-27-23-12-7-18(13-21(23)24(22)29-30)25(31)28-14-17-5-10-20(33-2)11-6-17/h3-13,15,29H,14H2,1-2H3,(H,28,31). The van der Waals surface area contributed by atoms with Crippen LogP contribution in [0.15, 0.2) is 77.7 Å². The molecule has 5 rings (SSSR count). The number of nitrogens with one attached hydrogen (secondary N) is 2. The first kappa shape index (κ1) is 20.5. The van der Waals surface area contributed by atoms with Crippen LogP contribution in [-0.4, -0.2) is 27.8 Å². The van der Waals surface area contributed by atoms with Crippen LogP contribution in [0.2, 0.25) is 0 Å². The molecule has 2 heterocycles. The number of benzene rings is 3. The zero-order chi connectivity index (χ0) is 22.9. The van der Waals surface area contributed by atoms with Crippen molar-refractivity contribution in [3.63, 3.8) is 0 Å². The first-order valence-electron chi connectivity index (χ1n) is 10.5. The lowest BCUT2D eigenvalue weighted by molar-refractivity contribution is 0.0951. The number of methoxy groups -OCH3 is 1. The Hall–Kier alpha value is -4.39. The smallest absolute Gasteiger partial charge is 0.280 e. The van der Waals surface area contributed by atoms with Crippen LogP contribution in [0.5, 0.6) is 5.75 Å². The predicted molar refractivity (Wildman–Crippen MR) is 128 cm³/mol. The molecule has 33 heavy (non-hydrogen) atoms. The number of nitrogens with zero attached hydrogens (tertiary/aromatic N) is 2. The summed E-state index contributed by atoms with van der Waals surface area (Å²) < 4.78 is 6.67. The highest BCUT2D eigenvalue weighted by Gasteiger charge is 2.14. The Balaban J connectivity index is 1.48. The fourth-order valence-electron chi connectivity index (χ4n) is 3.80. The summed E-state index contributed by atoms with van der Waals surface area (Å²) in [5, 5.41) is 7.32. The second-order valence-corrected chi connectivity index (χ2v) is 7.90. The quantitative estimate of drug-likeness (QED) is 0.432. The fraction of sp³-hybridized carbons (Fsp3) is 0.115. The highest BCUT2D eigenvalue weighted by Crippen LogP contribution is 2.22. The third-order valence-electron chi connectivity index (χ3n) is 5.69. The molecule has 0 atom stereocenters. The summed E-state index contributed by atoms with van der Waals surface area (Å²) in [5.41, 5.74) is 4.48. The minimum atomic E-state index is -0.204. The normalized spacial score (nSPS) is 11.1. The van der Waals surface area contributed by atoms with Gasteiger partial charge in [0.15, 0.2) is 0 Å². The van der Waals surface area contributed by atoms with E-state index in [0.717, 1.165) is 22.6 Å². The van der Waals surface area contributed by atoms with Gasteiger partial charge in [0, 0.05) is 23.7 Å². The third kappa shape index (κ3) is 3.85. The highest BCUT2D eigenvalue weighted by atomic mass is 16.5. The van der Waals surface area contributed by atoms with Crippen LogP contribution < -0.4 is 15.6 Å². The average Bonchev–Trinajstić information content (AvgIpc) is 3.19. The number of aromatic amines is 1. The third-order valence-corrected chi connectivity index (χ3v) is 5.69. The topological polar surface area (TPSA) is 89.0 Å². The van der Waals surface area contributed by atoms with Gasteiger partial charge in [-0.1, -0.05) is 29.8 Å². The monoisotopic (exact) mass is 438 g/mol. The Morgan fingerprint density at radius 1 is 1.03 bits per heavy atom. The van der Waals surface area contributed by atoms with Crippen LogP contribution in [-0.2, 0) is 6.54 Å². The van der Waals surface area contributed by atoms with Crippen molar-refractivity contribution >= 4 is 27.7 Å². The first-order valence-corrected chi connectivity index (χ1v) is 10.5. The number of aromatic nitrogens is 3. The van der Waals surface area contributed by atoms with Gasteiger partial charge >= 0.3 is 0 Å². The molecule has 0 saturated carbocycles. The van der Waals surface area contributed by atoms with Crippen LogP contribution >= 0.6 is 0 Å². The van der Waals surface area contributed by atoms with E-state index in [1.807, 2.05) is 55.5 Å². The SMILES string of the molecule is COc1ccc(CNC(=O)c2ccc3ncc4c(=O)n(-c5ccc(C)cc5)[nH]c4c3c2)cc1. The summed E-state index contributed by atoms with van der Waals surface area (Å²) in [5.74, 6) is 0.563. The number of hydrogen-bond donors (Lipinski definition) is 2. The van der Waals surface area contributed by atoms with E-state index in [2.05, 4.69) is 15.4 Å². The molecular weight excluding hydrogens is 416 g/mol. The fourth-order valence-corrected chi connectivity index (χ4v) is 3.80. The molecule has 0 fully saturated rings. The van der Waals surface area contributed by atoms with Crippen molar-refractivity contribution in [2.75, 3.05) is 7.11 Å². The van der Waals surface area contributed by atoms with Gasteiger partial charge < -0.3 is 10.1 Å². The summed E-state index contributed by atoms with van der Waals surface area (Å²) in [4.78, 5) is 30.2. The lowest BCUT2D eigenvalue weighted by atomic mass is 10.1. The van der Waals surface area contributed by atoms with E-state index in [9.17, 15) is 9.59 Å².